The summed E-state index contributed by atoms with van der Waals surface area (Å²) >= 11 is 0. The van der Waals surface area contributed by atoms with Crippen LogP contribution in [0.4, 0.5) is 0 Å². The molecule has 7 nitrogen and oxygen atoms in total. The summed E-state index contributed by atoms with van der Waals surface area (Å²) in [5.41, 5.74) is 4.33. The summed E-state index contributed by atoms with van der Waals surface area (Å²) in [5.74, 6) is -2.05. The minimum atomic E-state index is -3.42. The molecule has 1 aliphatic heterocycles. The fraction of sp³-hybridized carbons (Fsp3) is 0.778. The van der Waals surface area contributed by atoms with E-state index in [0.717, 1.165) is 7.11 Å². The number of fused-ring (bicyclic) bond motifs is 1. The van der Waals surface area contributed by atoms with Gasteiger partial charge in [-0.2, -0.15) is 0 Å². The van der Waals surface area contributed by atoms with Crippen LogP contribution >= 0.6 is 0 Å². The number of nitrogens with two attached hydrogens (primary N) is 1. The zero-order valence-corrected chi connectivity index (χ0v) is 9.98. The van der Waals surface area contributed by atoms with Crippen molar-refractivity contribution < 1.29 is 27.5 Å². The highest BCUT2D eigenvalue weighted by Gasteiger charge is 2.75. The van der Waals surface area contributed by atoms with Gasteiger partial charge in [0.25, 0.3) is 6.47 Å². The summed E-state index contributed by atoms with van der Waals surface area (Å²) in [6, 6.07) is 0. The van der Waals surface area contributed by atoms with Crippen molar-refractivity contribution in [3.8, 4) is 0 Å². The van der Waals surface area contributed by atoms with Crippen LogP contribution in [0, 0.1) is 11.8 Å². The Morgan fingerprint density at radius 2 is 2.24 bits per heavy atom. The van der Waals surface area contributed by atoms with Crippen molar-refractivity contribution in [1.29, 1.82) is 0 Å². The number of esters is 1. The lowest BCUT2D eigenvalue weighted by molar-refractivity contribution is -0.147. The van der Waals surface area contributed by atoms with Crippen LogP contribution in [-0.4, -0.2) is 51.1 Å². The van der Waals surface area contributed by atoms with Gasteiger partial charge in [0.05, 0.1) is 24.7 Å². The second kappa shape index (κ2) is 3.67. The predicted molar refractivity (Wildman–Crippen MR) is 55.5 cm³/mol. The first-order valence-corrected chi connectivity index (χ1v) is 6.74. The minimum absolute atomic E-state index is 0.0337. The summed E-state index contributed by atoms with van der Waals surface area (Å²) in [5, 5.41) is -0.688. The van der Waals surface area contributed by atoms with E-state index < -0.39 is 44.2 Å². The Bertz CT molecular complexity index is 460. The Morgan fingerprint density at radius 3 is 2.76 bits per heavy atom. The van der Waals surface area contributed by atoms with E-state index in [-0.39, 0.29) is 13.1 Å². The molecular formula is C9H13NO6S. The van der Waals surface area contributed by atoms with E-state index >= 15 is 0 Å². The van der Waals surface area contributed by atoms with Gasteiger partial charge in [0, 0.05) is 11.8 Å². The monoisotopic (exact) mass is 263 g/mol. The molecule has 2 rings (SSSR count). The maximum atomic E-state index is 11.8. The zero-order valence-electron chi connectivity index (χ0n) is 9.16. The second-order valence-corrected chi connectivity index (χ2v) is 6.58. The van der Waals surface area contributed by atoms with Gasteiger partial charge in [-0.05, 0) is 0 Å². The van der Waals surface area contributed by atoms with E-state index in [9.17, 15) is 18.0 Å². The average molecular weight is 263 g/mol. The van der Waals surface area contributed by atoms with E-state index in [1.807, 2.05) is 0 Å². The van der Waals surface area contributed by atoms with E-state index in [1.165, 1.54) is 0 Å². The smallest absolute Gasteiger partial charge is 0.327 e. The highest BCUT2D eigenvalue weighted by Crippen LogP contribution is 2.57. The molecule has 1 saturated carbocycles. The van der Waals surface area contributed by atoms with Crippen LogP contribution in [0.1, 0.15) is 0 Å². The van der Waals surface area contributed by atoms with Gasteiger partial charge in [0.15, 0.2) is 9.84 Å². The van der Waals surface area contributed by atoms with Gasteiger partial charge < -0.3 is 15.2 Å². The molecule has 0 aromatic carbocycles. The van der Waals surface area contributed by atoms with Crippen LogP contribution in [0.15, 0.2) is 0 Å². The van der Waals surface area contributed by atoms with E-state index in [0.29, 0.717) is 0 Å². The molecule has 0 spiro atoms. The molecule has 0 radical (unpaired) electrons. The summed E-state index contributed by atoms with van der Waals surface area (Å²) in [6.07, 6.45) is 0. The maximum Gasteiger partial charge on any atom is 0.327 e. The molecule has 0 aromatic heterocycles. The van der Waals surface area contributed by atoms with Gasteiger partial charge in [-0.25, -0.2) is 8.42 Å². The molecule has 4 atom stereocenters. The van der Waals surface area contributed by atoms with Crippen molar-refractivity contribution in [2.24, 2.45) is 17.6 Å². The number of carbonyl (C=O) groups is 2. The molecule has 0 unspecified atom stereocenters. The number of hydrogen-bond acceptors (Lipinski definition) is 7. The lowest BCUT2D eigenvalue weighted by atomic mass is 9.96. The van der Waals surface area contributed by atoms with Gasteiger partial charge in [-0.3, -0.25) is 9.59 Å². The van der Waals surface area contributed by atoms with Gasteiger partial charge in [-0.1, -0.05) is 0 Å². The predicted octanol–water partition coefficient (Wildman–Crippen LogP) is -1.93. The van der Waals surface area contributed by atoms with Crippen LogP contribution in [0.5, 0.6) is 0 Å². The second-order valence-electron chi connectivity index (χ2n) is 4.42. The van der Waals surface area contributed by atoms with Crippen molar-refractivity contribution in [2.45, 2.75) is 10.8 Å². The third kappa shape index (κ3) is 1.62. The van der Waals surface area contributed by atoms with Gasteiger partial charge >= 0.3 is 5.97 Å². The molecule has 2 aliphatic rings. The highest BCUT2D eigenvalue weighted by atomic mass is 32.2. The molecule has 1 heterocycles. The van der Waals surface area contributed by atoms with Gasteiger partial charge in [0.1, 0.15) is 5.54 Å². The number of rotatable bonds is 4. The Morgan fingerprint density at radius 1 is 1.59 bits per heavy atom. The number of sulfone groups is 1. The van der Waals surface area contributed by atoms with Crippen LogP contribution in [0.2, 0.25) is 0 Å². The van der Waals surface area contributed by atoms with Crippen molar-refractivity contribution in [3.63, 3.8) is 0 Å². The van der Waals surface area contributed by atoms with Crippen molar-refractivity contribution >= 4 is 22.3 Å². The molecule has 96 valence electrons. The molecule has 2 fully saturated rings. The molecule has 0 aromatic rings. The Kier molecular flexibility index (Phi) is 2.66. The third-order valence-corrected chi connectivity index (χ3v) is 5.82. The number of ether oxygens (including phenoxy) is 2. The normalized spacial score (nSPS) is 41.4. The van der Waals surface area contributed by atoms with E-state index in [4.69, 9.17) is 5.73 Å². The summed E-state index contributed by atoms with van der Waals surface area (Å²) in [6.45, 7) is 0.213. The fourth-order valence-corrected chi connectivity index (χ4v) is 5.52. The van der Waals surface area contributed by atoms with Crippen molar-refractivity contribution in [2.75, 3.05) is 19.5 Å². The minimum Gasteiger partial charge on any atom is -0.468 e. The molecule has 1 aliphatic carbocycles. The van der Waals surface area contributed by atoms with Crippen molar-refractivity contribution in [1.82, 2.24) is 0 Å². The Balaban J connectivity index is 2.23. The number of hydrogen-bond donors (Lipinski definition) is 1. The lowest BCUT2D eigenvalue weighted by Crippen LogP contribution is -2.54. The van der Waals surface area contributed by atoms with Crippen LogP contribution < -0.4 is 5.73 Å². The Hall–Kier alpha value is -1.15. The van der Waals surface area contributed by atoms with Gasteiger partial charge in [-0.15, -0.1) is 0 Å². The van der Waals surface area contributed by atoms with Crippen LogP contribution in [0.3, 0.4) is 0 Å². The zero-order chi connectivity index (χ0) is 12.8. The summed E-state index contributed by atoms with van der Waals surface area (Å²) in [4.78, 5) is 21.6. The van der Waals surface area contributed by atoms with Crippen LogP contribution in [-0.2, 0) is 28.9 Å². The van der Waals surface area contributed by atoms with E-state index in [2.05, 4.69) is 9.47 Å². The topological polar surface area (TPSA) is 113 Å². The molecule has 0 amide bonds. The molecule has 8 heteroatoms. The fourth-order valence-electron chi connectivity index (χ4n) is 2.77. The van der Waals surface area contributed by atoms with E-state index in [1.54, 1.807) is 0 Å². The quantitative estimate of drug-likeness (QED) is 0.464. The first-order chi connectivity index (χ1) is 7.88. The summed E-state index contributed by atoms with van der Waals surface area (Å²) in [7, 11) is -2.25. The molecule has 1 saturated heterocycles. The maximum absolute atomic E-state index is 11.8. The molecular weight excluding hydrogens is 250 g/mol. The number of carbonyl (C=O) groups excluding carboxylic acids is 2. The average Bonchev–Trinajstić information content (AvgIpc) is 2.94. The summed E-state index contributed by atoms with van der Waals surface area (Å²) < 4.78 is 32.6. The lowest BCUT2D eigenvalue weighted by Gasteiger charge is -2.22. The Labute approximate surface area is 98.2 Å². The molecule has 0 bridgehead atoms. The number of methoxy groups -OCH3 is 1. The molecule has 2 N–H and O–H groups in total. The largest absolute Gasteiger partial charge is 0.468 e. The first kappa shape index (κ1) is 12.3. The SMILES string of the molecule is COC(=O)[C@]1(N)CS(=O)(=O)[C@H]2[C@H](COC=O)[C@H]21. The van der Waals surface area contributed by atoms with Crippen LogP contribution in [0.25, 0.3) is 0 Å². The first-order valence-electron chi connectivity index (χ1n) is 5.02. The highest BCUT2D eigenvalue weighted by molar-refractivity contribution is 7.92. The van der Waals surface area contributed by atoms with Crippen molar-refractivity contribution in [3.05, 3.63) is 0 Å². The van der Waals surface area contributed by atoms with Gasteiger partial charge in [0.2, 0.25) is 0 Å². The standard InChI is InChI=1S/C9H13NO6S/c1-15-8(12)9(10)3-17(13,14)7-5(6(7)9)2-16-4-11/h4-7H,2-3,10H2,1H3/t5-,6-,7+,9+/m1/s1. The third-order valence-electron chi connectivity index (χ3n) is 3.47. The molecule has 17 heavy (non-hydrogen) atoms.